The monoisotopic (exact) mass is 385 g/mol. The van der Waals surface area contributed by atoms with Crippen LogP contribution < -0.4 is 5.32 Å². The first-order chi connectivity index (χ1) is 13.2. The van der Waals surface area contributed by atoms with Gasteiger partial charge in [0.25, 0.3) is 0 Å². The fourth-order valence-corrected chi connectivity index (χ4v) is 3.99. The third kappa shape index (κ3) is 5.61. The van der Waals surface area contributed by atoms with E-state index in [0.29, 0.717) is 6.42 Å². The predicted molar refractivity (Wildman–Crippen MR) is 111 cm³/mol. The van der Waals surface area contributed by atoms with Crippen LogP contribution in [0.1, 0.15) is 31.7 Å². The van der Waals surface area contributed by atoms with Crippen LogP contribution in [0.25, 0.3) is 10.2 Å². The van der Waals surface area contributed by atoms with Gasteiger partial charge in [-0.25, -0.2) is 4.98 Å². The van der Waals surface area contributed by atoms with Crippen molar-refractivity contribution in [2.75, 3.05) is 25.0 Å². The highest BCUT2D eigenvalue weighted by Crippen LogP contribution is 2.22. The maximum Gasteiger partial charge on any atom is 0.224 e. The van der Waals surface area contributed by atoms with E-state index in [1.807, 2.05) is 29.1 Å². The summed E-state index contributed by atoms with van der Waals surface area (Å²) in [6.07, 6.45) is 5.72. The normalized spacial score (nSPS) is 11.4. The maximum atomic E-state index is 12.2. The van der Waals surface area contributed by atoms with Crippen molar-refractivity contribution in [3.8, 4) is 0 Å². The van der Waals surface area contributed by atoms with Gasteiger partial charge in [0.15, 0.2) is 0 Å². The molecule has 0 aliphatic heterocycles. The second kappa shape index (κ2) is 9.62. The summed E-state index contributed by atoms with van der Waals surface area (Å²) < 4.78 is 3.09. The van der Waals surface area contributed by atoms with E-state index >= 15 is 0 Å². The molecule has 0 spiro atoms. The van der Waals surface area contributed by atoms with Gasteiger partial charge < -0.3 is 10.2 Å². The van der Waals surface area contributed by atoms with Gasteiger partial charge in [0.1, 0.15) is 0 Å². The van der Waals surface area contributed by atoms with Crippen LogP contribution in [0.4, 0.5) is 5.69 Å². The van der Waals surface area contributed by atoms with Crippen LogP contribution >= 0.6 is 11.3 Å². The van der Waals surface area contributed by atoms with Gasteiger partial charge >= 0.3 is 0 Å². The van der Waals surface area contributed by atoms with E-state index in [1.165, 1.54) is 4.70 Å². The zero-order valence-electron chi connectivity index (χ0n) is 16.0. The Hall–Kier alpha value is -2.25. The first kappa shape index (κ1) is 19.5. The minimum absolute atomic E-state index is 0.0272. The quantitative estimate of drug-likeness (QED) is 0.577. The maximum absolute atomic E-state index is 12.2. The Morgan fingerprint density at radius 3 is 2.85 bits per heavy atom. The number of aryl methyl sites for hydroxylation is 1. The molecule has 0 aliphatic rings. The first-order valence-electron chi connectivity index (χ1n) is 9.57. The SMILES string of the molecule is CCN(CC)CCn1cc(NC(=O)CCCc2nc3ccccc3s2)cn1. The molecule has 2 heterocycles. The van der Waals surface area contributed by atoms with E-state index in [9.17, 15) is 4.79 Å². The average Bonchev–Trinajstić information content (AvgIpc) is 3.28. The van der Waals surface area contributed by atoms with Crippen molar-refractivity contribution in [2.24, 2.45) is 0 Å². The topological polar surface area (TPSA) is 63.0 Å². The van der Waals surface area contributed by atoms with Crippen LogP contribution in [0.3, 0.4) is 0 Å². The molecule has 0 saturated carbocycles. The lowest BCUT2D eigenvalue weighted by Gasteiger charge is -2.17. The second-order valence-corrected chi connectivity index (χ2v) is 7.61. The Kier molecular flexibility index (Phi) is 6.95. The predicted octanol–water partition coefficient (Wildman–Crippen LogP) is 3.80. The molecular weight excluding hydrogens is 358 g/mol. The summed E-state index contributed by atoms with van der Waals surface area (Å²) >= 11 is 1.71. The van der Waals surface area contributed by atoms with Crippen molar-refractivity contribution < 1.29 is 4.79 Å². The van der Waals surface area contributed by atoms with Gasteiger partial charge in [-0.15, -0.1) is 11.3 Å². The number of fused-ring (bicyclic) bond motifs is 1. The molecule has 144 valence electrons. The van der Waals surface area contributed by atoms with E-state index in [2.05, 4.69) is 40.2 Å². The van der Waals surface area contributed by atoms with Gasteiger partial charge in [-0.05, 0) is 38.1 Å². The van der Waals surface area contributed by atoms with E-state index in [4.69, 9.17) is 0 Å². The van der Waals surface area contributed by atoms with Crippen molar-refractivity contribution in [3.05, 3.63) is 41.7 Å². The fraction of sp³-hybridized carbons (Fsp3) is 0.450. The molecular formula is C20H27N5OS. The number of carbonyl (C=O) groups is 1. The van der Waals surface area contributed by atoms with Gasteiger partial charge in [-0.2, -0.15) is 5.10 Å². The molecule has 1 aromatic carbocycles. The Morgan fingerprint density at radius 1 is 1.26 bits per heavy atom. The van der Waals surface area contributed by atoms with Gasteiger partial charge in [0, 0.05) is 19.2 Å². The van der Waals surface area contributed by atoms with E-state index in [-0.39, 0.29) is 5.91 Å². The van der Waals surface area contributed by atoms with Crippen LogP contribution in [0.5, 0.6) is 0 Å². The molecule has 0 saturated heterocycles. The number of aromatic nitrogens is 3. The first-order valence-corrected chi connectivity index (χ1v) is 10.4. The van der Waals surface area contributed by atoms with Gasteiger partial charge in [-0.3, -0.25) is 9.48 Å². The second-order valence-electron chi connectivity index (χ2n) is 6.50. The summed E-state index contributed by atoms with van der Waals surface area (Å²) in [5.74, 6) is 0.0272. The van der Waals surface area contributed by atoms with Crippen molar-refractivity contribution in [1.82, 2.24) is 19.7 Å². The third-order valence-electron chi connectivity index (χ3n) is 4.59. The molecule has 0 bridgehead atoms. The van der Waals surface area contributed by atoms with Crippen molar-refractivity contribution in [1.29, 1.82) is 0 Å². The van der Waals surface area contributed by atoms with Crippen molar-refractivity contribution >= 4 is 33.1 Å². The molecule has 27 heavy (non-hydrogen) atoms. The Balaban J connectivity index is 1.41. The van der Waals surface area contributed by atoms with Crippen LogP contribution in [-0.2, 0) is 17.8 Å². The highest BCUT2D eigenvalue weighted by molar-refractivity contribution is 7.18. The molecule has 0 radical (unpaired) electrons. The number of nitrogens with one attached hydrogen (secondary N) is 1. The van der Waals surface area contributed by atoms with Gasteiger partial charge in [0.2, 0.25) is 5.91 Å². The minimum atomic E-state index is 0.0272. The number of para-hydroxylation sites is 1. The van der Waals surface area contributed by atoms with Crippen LogP contribution in [0.15, 0.2) is 36.7 Å². The number of hydrogen-bond acceptors (Lipinski definition) is 5. The Labute approximate surface area is 164 Å². The van der Waals surface area contributed by atoms with E-state index in [0.717, 1.165) is 55.2 Å². The average molecular weight is 386 g/mol. The summed E-state index contributed by atoms with van der Waals surface area (Å²) in [5.41, 5.74) is 1.80. The number of hydrogen-bond donors (Lipinski definition) is 1. The molecule has 2 aromatic heterocycles. The minimum Gasteiger partial charge on any atom is -0.323 e. The summed E-state index contributed by atoms with van der Waals surface area (Å²) in [6, 6.07) is 8.14. The molecule has 3 rings (SSSR count). The largest absolute Gasteiger partial charge is 0.323 e. The van der Waals surface area contributed by atoms with Crippen molar-refractivity contribution in [3.63, 3.8) is 0 Å². The van der Waals surface area contributed by atoms with E-state index < -0.39 is 0 Å². The zero-order chi connectivity index (χ0) is 19.1. The van der Waals surface area contributed by atoms with Crippen LogP contribution in [0, 0.1) is 0 Å². The summed E-state index contributed by atoms with van der Waals surface area (Å²) in [4.78, 5) is 19.1. The molecule has 6 nitrogen and oxygen atoms in total. The Morgan fingerprint density at radius 2 is 2.07 bits per heavy atom. The number of benzene rings is 1. The molecule has 3 aromatic rings. The zero-order valence-corrected chi connectivity index (χ0v) is 16.8. The molecule has 0 atom stereocenters. The lowest BCUT2D eigenvalue weighted by atomic mass is 10.2. The number of nitrogens with zero attached hydrogens (tertiary/aromatic N) is 4. The number of anilines is 1. The highest BCUT2D eigenvalue weighted by Gasteiger charge is 2.08. The number of amides is 1. The standard InChI is InChI=1S/C20H27N5OS/c1-3-24(4-2)12-13-25-15-16(14-21-25)22-19(26)10-7-11-20-23-17-8-5-6-9-18(17)27-20/h5-6,8-9,14-15H,3-4,7,10-13H2,1-2H3,(H,22,26). The highest BCUT2D eigenvalue weighted by atomic mass is 32.1. The van der Waals surface area contributed by atoms with Gasteiger partial charge in [0.05, 0.1) is 33.7 Å². The molecule has 1 amide bonds. The summed E-state index contributed by atoms with van der Waals surface area (Å²) in [7, 11) is 0. The van der Waals surface area contributed by atoms with Crippen LogP contribution in [-0.4, -0.2) is 45.2 Å². The van der Waals surface area contributed by atoms with E-state index in [1.54, 1.807) is 17.5 Å². The molecule has 0 unspecified atom stereocenters. The van der Waals surface area contributed by atoms with Crippen molar-refractivity contribution in [2.45, 2.75) is 39.7 Å². The summed E-state index contributed by atoms with van der Waals surface area (Å²) in [5, 5.41) is 8.36. The molecule has 1 N–H and O–H groups in total. The molecule has 0 fully saturated rings. The lowest BCUT2D eigenvalue weighted by Crippen LogP contribution is -2.27. The summed E-state index contributed by atoms with van der Waals surface area (Å²) in [6.45, 7) is 8.19. The smallest absolute Gasteiger partial charge is 0.224 e. The molecule has 7 heteroatoms. The number of rotatable bonds is 10. The number of thiazole rings is 1. The number of carbonyl (C=O) groups excluding carboxylic acids is 1. The van der Waals surface area contributed by atoms with Gasteiger partial charge in [-0.1, -0.05) is 26.0 Å². The lowest BCUT2D eigenvalue weighted by molar-refractivity contribution is -0.116. The number of likely N-dealkylation sites (N-methyl/N-ethyl adjacent to an activating group) is 1. The fourth-order valence-electron chi connectivity index (χ4n) is 2.98. The van der Waals surface area contributed by atoms with Crippen LogP contribution in [0.2, 0.25) is 0 Å². The Bertz CT molecular complexity index is 835. The third-order valence-corrected chi connectivity index (χ3v) is 5.69. The molecule has 0 aliphatic carbocycles.